The fraction of sp³-hybridized carbons (Fsp3) is 0.471. The molecule has 0 unspecified atom stereocenters. The summed E-state index contributed by atoms with van der Waals surface area (Å²) in [6.45, 7) is 5.66. The highest BCUT2D eigenvalue weighted by Gasteiger charge is 2.33. The number of carbonyl (C=O) groups is 3. The van der Waals surface area contributed by atoms with Crippen molar-refractivity contribution in [2.75, 3.05) is 23.4 Å². The van der Waals surface area contributed by atoms with E-state index in [0.29, 0.717) is 23.7 Å². The van der Waals surface area contributed by atoms with Crippen molar-refractivity contribution in [3.05, 3.63) is 18.2 Å². The zero-order valence-corrected chi connectivity index (χ0v) is 14.4. The van der Waals surface area contributed by atoms with E-state index in [4.69, 9.17) is 9.47 Å². The van der Waals surface area contributed by atoms with Crippen molar-refractivity contribution in [1.82, 2.24) is 5.32 Å². The zero-order valence-electron chi connectivity index (χ0n) is 14.4. The van der Waals surface area contributed by atoms with Crippen LogP contribution in [0, 0.1) is 0 Å². The highest BCUT2D eigenvalue weighted by atomic mass is 16.6. The highest BCUT2D eigenvalue weighted by molar-refractivity contribution is 6.00. The summed E-state index contributed by atoms with van der Waals surface area (Å²) in [7, 11) is 0. The number of ether oxygens (including phenoxy) is 2. The van der Waals surface area contributed by atoms with Gasteiger partial charge in [-0.15, -0.1) is 0 Å². The Morgan fingerprint density at radius 1 is 1.36 bits per heavy atom. The third kappa shape index (κ3) is 4.01. The first kappa shape index (κ1) is 17.1. The van der Waals surface area contributed by atoms with Gasteiger partial charge in [0.25, 0.3) is 5.91 Å². The number of rotatable bonds is 2. The molecule has 2 heterocycles. The van der Waals surface area contributed by atoms with Crippen LogP contribution < -0.4 is 20.3 Å². The minimum absolute atomic E-state index is 0.0170. The summed E-state index contributed by atoms with van der Waals surface area (Å²) in [5, 5.41) is 5.43. The Labute approximate surface area is 145 Å². The van der Waals surface area contributed by atoms with E-state index < -0.39 is 11.7 Å². The summed E-state index contributed by atoms with van der Waals surface area (Å²) in [5.41, 5.74) is 0.580. The molecule has 0 saturated carbocycles. The van der Waals surface area contributed by atoms with Gasteiger partial charge in [0, 0.05) is 18.7 Å². The van der Waals surface area contributed by atoms with Gasteiger partial charge in [0.15, 0.2) is 6.61 Å². The van der Waals surface area contributed by atoms with Crippen LogP contribution in [0.4, 0.5) is 16.2 Å². The topological polar surface area (TPSA) is 97.0 Å². The average Bonchev–Trinajstić information content (AvgIpc) is 2.84. The van der Waals surface area contributed by atoms with E-state index in [1.54, 1.807) is 43.9 Å². The third-order valence-corrected chi connectivity index (χ3v) is 3.75. The normalized spacial score (nSPS) is 19.8. The molecule has 25 heavy (non-hydrogen) atoms. The summed E-state index contributed by atoms with van der Waals surface area (Å²) >= 11 is 0. The van der Waals surface area contributed by atoms with Crippen molar-refractivity contribution >= 4 is 29.3 Å². The smallest absolute Gasteiger partial charge is 0.407 e. The third-order valence-electron chi connectivity index (χ3n) is 3.75. The number of nitrogens with zero attached hydrogens (tertiary/aromatic N) is 1. The lowest BCUT2D eigenvalue weighted by molar-refractivity contribution is -0.118. The molecule has 2 aliphatic heterocycles. The SMILES string of the molecule is CC(C)(C)OC(=O)N[C@@H]1CC(=O)N(c2ccc3c(c2)NC(=O)CO3)C1. The molecule has 0 spiro atoms. The number of benzene rings is 1. The van der Waals surface area contributed by atoms with Crippen molar-refractivity contribution in [3.8, 4) is 5.75 Å². The molecular formula is C17H21N3O5. The van der Waals surface area contributed by atoms with Gasteiger partial charge in [-0.3, -0.25) is 9.59 Å². The molecule has 8 heteroatoms. The first-order valence-electron chi connectivity index (χ1n) is 8.08. The molecule has 1 atom stereocenters. The number of fused-ring (bicyclic) bond motifs is 1. The maximum absolute atomic E-state index is 12.3. The van der Waals surface area contributed by atoms with Crippen molar-refractivity contribution in [2.45, 2.75) is 38.8 Å². The maximum Gasteiger partial charge on any atom is 0.407 e. The van der Waals surface area contributed by atoms with E-state index in [1.165, 1.54) is 0 Å². The van der Waals surface area contributed by atoms with Gasteiger partial charge in [-0.05, 0) is 39.0 Å². The Bertz CT molecular complexity index is 725. The predicted molar refractivity (Wildman–Crippen MR) is 90.7 cm³/mol. The fourth-order valence-electron chi connectivity index (χ4n) is 2.77. The average molecular weight is 347 g/mol. The Morgan fingerprint density at radius 3 is 2.84 bits per heavy atom. The van der Waals surface area contributed by atoms with Crippen molar-refractivity contribution in [2.24, 2.45) is 0 Å². The molecule has 0 aliphatic carbocycles. The number of anilines is 2. The standard InChI is InChI=1S/C17H21N3O5/c1-17(2,3)25-16(23)18-10-6-15(22)20(8-10)11-4-5-13-12(7-11)19-14(21)9-24-13/h4-5,7,10H,6,8-9H2,1-3H3,(H,18,23)(H,19,21)/t10-/m1/s1. The number of hydrogen-bond acceptors (Lipinski definition) is 5. The van der Waals surface area contributed by atoms with E-state index in [0.717, 1.165) is 0 Å². The van der Waals surface area contributed by atoms with Gasteiger partial charge in [-0.1, -0.05) is 0 Å². The lowest BCUT2D eigenvalue weighted by Gasteiger charge is -2.23. The Balaban J connectivity index is 1.68. The van der Waals surface area contributed by atoms with E-state index in [2.05, 4.69) is 10.6 Å². The molecular weight excluding hydrogens is 326 g/mol. The highest BCUT2D eigenvalue weighted by Crippen LogP contribution is 2.33. The van der Waals surface area contributed by atoms with E-state index in [9.17, 15) is 14.4 Å². The number of nitrogens with one attached hydrogen (secondary N) is 2. The molecule has 2 N–H and O–H groups in total. The second-order valence-corrected chi connectivity index (χ2v) is 7.07. The molecule has 8 nitrogen and oxygen atoms in total. The lowest BCUT2D eigenvalue weighted by Crippen LogP contribution is -2.40. The van der Waals surface area contributed by atoms with Crippen LogP contribution in [0.15, 0.2) is 18.2 Å². The van der Waals surface area contributed by atoms with Gasteiger partial charge in [0.2, 0.25) is 5.91 Å². The summed E-state index contributed by atoms with van der Waals surface area (Å²) in [4.78, 5) is 37.2. The zero-order chi connectivity index (χ0) is 18.2. The fourth-order valence-corrected chi connectivity index (χ4v) is 2.77. The molecule has 0 bridgehead atoms. The van der Waals surface area contributed by atoms with Crippen LogP contribution in [0.1, 0.15) is 27.2 Å². The molecule has 1 fully saturated rings. The molecule has 2 aliphatic rings. The van der Waals surface area contributed by atoms with Crippen LogP contribution in [0.3, 0.4) is 0 Å². The Hall–Kier alpha value is -2.77. The number of alkyl carbamates (subject to hydrolysis) is 1. The first-order chi connectivity index (χ1) is 11.7. The van der Waals surface area contributed by atoms with Crippen molar-refractivity contribution in [3.63, 3.8) is 0 Å². The molecule has 1 saturated heterocycles. The summed E-state index contributed by atoms with van der Waals surface area (Å²) in [5.74, 6) is 0.226. The van der Waals surface area contributed by atoms with E-state index in [1.807, 2.05) is 0 Å². The van der Waals surface area contributed by atoms with Crippen LogP contribution in [-0.2, 0) is 14.3 Å². The van der Waals surface area contributed by atoms with Gasteiger partial charge in [-0.25, -0.2) is 4.79 Å². The Morgan fingerprint density at radius 2 is 2.12 bits per heavy atom. The molecule has 0 radical (unpaired) electrons. The van der Waals surface area contributed by atoms with Crippen LogP contribution in [-0.4, -0.2) is 42.7 Å². The minimum atomic E-state index is -0.594. The summed E-state index contributed by atoms with van der Waals surface area (Å²) in [6.07, 6.45) is -0.350. The minimum Gasteiger partial charge on any atom is -0.482 e. The van der Waals surface area contributed by atoms with Crippen LogP contribution >= 0.6 is 0 Å². The molecule has 3 amide bonds. The van der Waals surface area contributed by atoms with Gasteiger partial charge in [0.05, 0.1) is 11.7 Å². The van der Waals surface area contributed by atoms with Gasteiger partial charge >= 0.3 is 6.09 Å². The monoisotopic (exact) mass is 347 g/mol. The first-order valence-corrected chi connectivity index (χ1v) is 8.08. The van der Waals surface area contributed by atoms with E-state index in [-0.39, 0.29) is 30.9 Å². The molecule has 0 aromatic heterocycles. The predicted octanol–water partition coefficient (Wildman–Crippen LogP) is 1.65. The number of hydrogen-bond donors (Lipinski definition) is 2. The summed E-state index contributed by atoms with van der Waals surface area (Å²) < 4.78 is 10.5. The maximum atomic E-state index is 12.3. The second-order valence-electron chi connectivity index (χ2n) is 7.07. The lowest BCUT2D eigenvalue weighted by atomic mass is 10.2. The van der Waals surface area contributed by atoms with Gasteiger partial charge in [-0.2, -0.15) is 0 Å². The number of amides is 3. The van der Waals surface area contributed by atoms with Crippen LogP contribution in [0.2, 0.25) is 0 Å². The van der Waals surface area contributed by atoms with Crippen molar-refractivity contribution in [1.29, 1.82) is 0 Å². The molecule has 1 aromatic carbocycles. The quantitative estimate of drug-likeness (QED) is 0.848. The molecule has 3 rings (SSSR count). The van der Waals surface area contributed by atoms with Crippen molar-refractivity contribution < 1.29 is 23.9 Å². The second kappa shape index (κ2) is 6.27. The molecule has 134 valence electrons. The summed E-state index contributed by atoms with van der Waals surface area (Å²) in [6, 6.07) is 4.83. The van der Waals surface area contributed by atoms with Crippen LogP contribution in [0.25, 0.3) is 0 Å². The van der Waals surface area contributed by atoms with Gasteiger partial charge < -0.3 is 25.0 Å². The number of carbonyl (C=O) groups excluding carboxylic acids is 3. The molecule has 1 aromatic rings. The van der Waals surface area contributed by atoms with Gasteiger partial charge in [0.1, 0.15) is 11.4 Å². The largest absolute Gasteiger partial charge is 0.482 e. The Kier molecular flexibility index (Phi) is 4.28. The van der Waals surface area contributed by atoms with Crippen LogP contribution in [0.5, 0.6) is 5.75 Å². The van der Waals surface area contributed by atoms with E-state index >= 15 is 0 Å².